The van der Waals surface area contributed by atoms with Crippen molar-refractivity contribution in [2.24, 2.45) is 0 Å². The lowest BCUT2D eigenvalue weighted by molar-refractivity contribution is -0.120. The van der Waals surface area contributed by atoms with Crippen LogP contribution in [0.3, 0.4) is 0 Å². The summed E-state index contributed by atoms with van der Waals surface area (Å²) in [5.41, 5.74) is 1.52. The van der Waals surface area contributed by atoms with Gasteiger partial charge in [0.15, 0.2) is 6.61 Å². The van der Waals surface area contributed by atoms with Crippen molar-refractivity contribution in [1.82, 2.24) is 4.31 Å². The molecule has 1 amide bonds. The fraction of sp³-hybridized carbons (Fsp3) is 0.381. The van der Waals surface area contributed by atoms with Crippen molar-refractivity contribution in [3.05, 3.63) is 52.8 Å². The van der Waals surface area contributed by atoms with E-state index < -0.39 is 15.8 Å². The first-order valence-corrected chi connectivity index (χ1v) is 11.7. The average Bonchev–Trinajstić information content (AvgIpc) is 3.18. The van der Waals surface area contributed by atoms with Gasteiger partial charge in [0.1, 0.15) is 11.6 Å². The maximum Gasteiger partial charge on any atom is 0.264 e. The van der Waals surface area contributed by atoms with Crippen molar-refractivity contribution in [3.8, 4) is 5.75 Å². The number of carbonyl (C=O) groups is 1. The number of sulfonamides is 1. The van der Waals surface area contributed by atoms with Gasteiger partial charge < -0.3 is 9.64 Å². The molecule has 160 valence electrons. The third kappa shape index (κ3) is 4.17. The molecule has 0 aromatic heterocycles. The number of carbonyl (C=O) groups excluding carboxylic acids is 1. The van der Waals surface area contributed by atoms with Gasteiger partial charge in [-0.1, -0.05) is 18.0 Å². The Kier molecular flexibility index (Phi) is 5.99. The van der Waals surface area contributed by atoms with Crippen molar-refractivity contribution in [2.75, 3.05) is 31.1 Å². The molecule has 2 aromatic carbocycles. The maximum absolute atomic E-state index is 13.2. The Morgan fingerprint density at radius 3 is 2.57 bits per heavy atom. The van der Waals surface area contributed by atoms with Crippen LogP contribution in [0.5, 0.6) is 5.75 Å². The molecule has 0 N–H and O–H groups in total. The molecule has 2 aliphatic heterocycles. The molecule has 2 aliphatic rings. The van der Waals surface area contributed by atoms with Gasteiger partial charge in [-0.25, -0.2) is 12.8 Å². The van der Waals surface area contributed by atoms with Crippen LogP contribution in [0.4, 0.5) is 10.1 Å². The van der Waals surface area contributed by atoms with Gasteiger partial charge in [0.25, 0.3) is 5.91 Å². The molecule has 0 bridgehead atoms. The number of halogens is 2. The Morgan fingerprint density at radius 2 is 1.83 bits per heavy atom. The van der Waals surface area contributed by atoms with Gasteiger partial charge in [0, 0.05) is 31.4 Å². The molecule has 0 aliphatic carbocycles. The lowest BCUT2D eigenvalue weighted by Crippen LogP contribution is -2.35. The van der Waals surface area contributed by atoms with Crippen LogP contribution < -0.4 is 9.64 Å². The highest BCUT2D eigenvalue weighted by Gasteiger charge is 2.30. The van der Waals surface area contributed by atoms with Gasteiger partial charge in [-0.15, -0.1) is 0 Å². The number of hydrogen-bond acceptors (Lipinski definition) is 4. The predicted molar refractivity (Wildman–Crippen MR) is 112 cm³/mol. The zero-order valence-electron chi connectivity index (χ0n) is 16.3. The number of fused-ring (bicyclic) bond motifs is 1. The standard InChI is InChI=1S/C21H22ClFN2O4S/c22-18-13-16(4-6-19(18)23)29-14-21(26)25-11-8-15-12-17(5-7-20(15)25)30(27,28)24-9-2-1-3-10-24/h4-7,12-13H,1-3,8-11,14H2. The van der Waals surface area contributed by atoms with E-state index in [1.807, 2.05) is 0 Å². The Morgan fingerprint density at radius 1 is 1.07 bits per heavy atom. The first-order chi connectivity index (χ1) is 14.4. The highest BCUT2D eigenvalue weighted by atomic mass is 35.5. The average molecular weight is 453 g/mol. The van der Waals surface area contributed by atoms with E-state index in [-0.39, 0.29) is 22.4 Å². The molecule has 9 heteroatoms. The van der Waals surface area contributed by atoms with Crippen molar-refractivity contribution < 1.29 is 22.3 Å². The Hall–Kier alpha value is -2.16. The molecule has 30 heavy (non-hydrogen) atoms. The summed E-state index contributed by atoms with van der Waals surface area (Å²) in [6.45, 7) is 1.33. The van der Waals surface area contributed by atoms with Gasteiger partial charge in [-0.2, -0.15) is 4.31 Å². The molecule has 0 unspecified atom stereocenters. The third-order valence-corrected chi connectivity index (χ3v) is 7.64. The van der Waals surface area contributed by atoms with Crippen LogP contribution in [0.15, 0.2) is 41.3 Å². The van der Waals surface area contributed by atoms with Gasteiger partial charge in [0.2, 0.25) is 10.0 Å². The highest BCUT2D eigenvalue weighted by molar-refractivity contribution is 7.89. The zero-order valence-corrected chi connectivity index (χ0v) is 17.9. The van der Waals surface area contributed by atoms with Crippen LogP contribution in [-0.4, -0.2) is 44.9 Å². The maximum atomic E-state index is 13.2. The first kappa shape index (κ1) is 21.1. The van der Waals surface area contributed by atoms with E-state index in [0.29, 0.717) is 37.5 Å². The number of benzene rings is 2. The van der Waals surface area contributed by atoms with Crippen LogP contribution in [0.1, 0.15) is 24.8 Å². The molecule has 1 saturated heterocycles. The second-order valence-electron chi connectivity index (χ2n) is 7.42. The van der Waals surface area contributed by atoms with Crippen LogP contribution in [0.25, 0.3) is 0 Å². The van der Waals surface area contributed by atoms with E-state index in [9.17, 15) is 17.6 Å². The third-order valence-electron chi connectivity index (χ3n) is 5.45. The fourth-order valence-corrected chi connectivity index (χ4v) is 5.58. The number of rotatable bonds is 5. The van der Waals surface area contributed by atoms with E-state index in [0.717, 1.165) is 24.8 Å². The van der Waals surface area contributed by atoms with E-state index in [4.69, 9.17) is 16.3 Å². The van der Waals surface area contributed by atoms with Gasteiger partial charge >= 0.3 is 0 Å². The molecule has 2 heterocycles. The quantitative estimate of drug-likeness (QED) is 0.695. The van der Waals surface area contributed by atoms with Crippen molar-refractivity contribution >= 4 is 33.2 Å². The summed E-state index contributed by atoms with van der Waals surface area (Å²) in [7, 11) is -3.51. The summed E-state index contributed by atoms with van der Waals surface area (Å²) in [4.78, 5) is 14.5. The highest BCUT2D eigenvalue weighted by Crippen LogP contribution is 2.32. The lowest BCUT2D eigenvalue weighted by atomic mass is 10.2. The second kappa shape index (κ2) is 8.53. The number of hydrogen-bond donors (Lipinski definition) is 0. The summed E-state index contributed by atoms with van der Waals surface area (Å²) in [6, 6.07) is 8.83. The van der Waals surface area contributed by atoms with Gasteiger partial charge in [0.05, 0.1) is 9.92 Å². The van der Waals surface area contributed by atoms with Gasteiger partial charge in [-0.05, 0) is 55.2 Å². The molecule has 0 spiro atoms. The number of amides is 1. The topological polar surface area (TPSA) is 66.9 Å². The molecule has 6 nitrogen and oxygen atoms in total. The minimum Gasteiger partial charge on any atom is -0.484 e. The summed E-state index contributed by atoms with van der Waals surface area (Å²) in [5, 5.41) is -0.0751. The summed E-state index contributed by atoms with van der Waals surface area (Å²) in [6.07, 6.45) is 3.39. The van der Waals surface area contributed by atoms with Crippen molar-refractivity contribution in [3.63, 3.8) is 0 Å². The molecule has 0 radical (unpaired) electrons. The van der Waals surface area contributed by atoms with Gasteiger partial charge in [-0.3, -0.25) is 4.79 Å². The minimum atomic E-state index is -3.51. The zero-order chi connectivity index (χ0) is 21.3. The van der Waals surface area contributed by atoms with Crippen LogP contribution in [0, 0.1) is 5.82 Å². The minimum absolute atomic E-state index is 0.0751. The first-order valence-electron chi connectivity index (χ1n) is 9.87. The van der Waals surface area contributed by atoms with E-state index in [1.165, 1.54) is 22.5 Å². The van der Waals surface area contributed by atoms with E-state index in [1.54, 1.807) is 23.1 Å². The van der Waals surface area contributed by atoms with Crippen molar-refractivity contribution in [1.29, 1.82) is 0 Å². The Bertz CT molecular complexity index is 1070. The normalized spacial score (nSPS) is 17.1. The number of ether oxygens (including phenoxy) is 1. The molecule has 2 aromatic rings. The Labute approximate surface area is 180 Å². The molecule has 4 rings (SSSR count). The molecular formula is C21H22ClFN2O4S. The number of anilines is 1. The molecule has 1 fully saturated rings. The Balaban J connectivity index is 1.46. The predicted octanol–water partition coefficient (Wildman–Crippen LogP) is 3.62. The van der Waals surface area contributed by atoms with Crippen LogP contribution in [-0.2, 0) is 21.2 Å². The SMILES string of the molecule is O=C(COc1ccc(F)c(Cl)c1)N1CCc2cc(S(=O)(=O)N3CCCCC3)ccc21. The smallest absolute Gasteiger partial charge is 0.264 e. The monoisotopic (exact) mass is 452 g/mol. The largest absolute Gasteiger partial charge is 0.484 e. The van der Waals surface area contributed by atoms with Crippen LogP contribution >= 0.6 is 11.6 Å². The van der Waals surface area contributed by atoms with E-state index >= 15 is 0 Å². The summed E-state index contributed by atoms with van der Waals surface area (Å²) < 4.78 is 46.0. The molecule has 0 atom stereocenters. The molecule has 0 saturated carbocycles. The lowest BCUT2D eigenvalue weighted by Gasteiger charge is -2.26. The fourth-order valence-electron chi connectivity index (χ4n) is 3.84. The van der Waals surface area contributed by atoms with Crippen LogP contribution in [0.2, 0.25) is 5.02 Å². The summed E-state index contributed by atoms with van der Waals surface area (Å²) in [5.74, 6) is -0.517. The second-order valence-corrected chi connectivity index (χ2v) is 9.76. The van der Waals surface area contributed by atoms with Crippen molar-refractivity contribution in [2.45, 2.75) is 30.6 Å². The number of nitrogens with zero attached hydrogens (tertiary/aromatic N) is 2. The molecular weight excluding hydrogens is 431 g/mol. The van der Waals surface area contributed by atoms with E-state index in [2.05, 4.69) is 0 Å². The summed E-state index contributed by atoms with van der Waals surface area (Å²) >= 11 is 5.73. The number of piperidine rings is 1.